The van der Waals surface area contributed by atoms with Crippen LogP contribution >= 0.6 is 0 Å². The minimum Gasteiger partial charge on any atom is -0.463 e. The lowest BCUT2D eigenvalue weighted by Crippen LogP contribution is -1.99. The predicted octanol–water partition coefficient (Wildman–Crippen LogP) is 4.64. The number of hydrogen-bond donors (Lipinski definition) is 1. The van der Waals surface area contributed by atoms with Gasteiger partial charge in [-0.15, -0.1) is 0 Å². The normalized spacial score (nSPS) is 11.2. The van der Waals surface area contributed by atoms with Crippen LogP contribution in [0.15, 0.2) is 76.4 Å². The molecule has 122 valence electrons. The highest BCUT2D eigenvalue weighted by Crippen LogP contribution is 2.27. The molecule has 0 saturated heterocycles. The second kappa shape index (κ2) is 6.57. The van der Waals surface area contributed by atoms with Gasteiger partial charge in [0, 0.05) is 10.9 Å². The SMILES string of the molecule is Cc1ccc2nc(N/N=C/c3ccco3)nc(-c3ccccc3)c2c1. The van der Waals surface area contributed by atoms with E-state index >= 15 is 0 Å². The van der Waals surface area contributed by atoms with Gasteiger partial charge in [0.25, 0.3) is 0 Å². The minimum atomic E-state index is 0.443. The summed E-state index contributed by atoms with van der Waals surface area (Å²) in [5, 5.41) is 5.17. The van der Waals surface area contributed by atoms with Crippen LogP contribution in [0.2, 0.25) is 0 Å². The van der Waals surface area contributed by atoms with Crippen molar-refractivity contribution >= 4 is 23.1 Å². The molecule has 0 radical (unpaired) electrons. The highest BCUT2D eigenvalue weighted by molar-refractivity contribution is 5.93. The highest BCUT2D eigenvalue weighted by Gasteiger charge is 2.09. The van der Waals surface area contributed by atoms with Crippen molar-refractivity contribution in [2.24, 2.45) is 5.10 Å². The molecular formula is C20H16N4O. The fraction of sp³-hybridized carbons (Fsp3) is 0.0500. The van der Waals surface area contributed by atoms with E-state index in [1.807, 2.05) is 54.6 Å². The molecule has 0 fully saturated rings. The van der Waals surface area contributed by atoms with Gasteiger partial charge in [0.2, 0.25) is 5.95 Å². The Kier molecular flexibility index (Phi) is 3.96. The molecule has 4 aromatic rings. The Morgan fingerprint density at radius 1 is 1.00 bits per heavy atom. The molecule has 5 heteroatoms. The second-order valence-electron chi connectivity index (χ2n) is 5.67. The first kappa shape index (κ1) is 15.1. The Morgan fingerprint density at radius 2 is 1.88 bits per heavy atom. The van der Waals surface area contributed by atoms with E-state index in [2.05, 4.69) is 33.5 Å². The molecule has 0 spiro atoms. The first-order valence-corrected chi connectivity index (χ1v) is 7.96. The number of anilines is 1. The molecule has 0 bridgehead atoms. The largest absolute Gasteiger partial charge is 0.463 e. The van der Waals surface area contributed by atoms with E-state index < -0.39 is 0 Å². The lowest BCUT2D eigenvalue weighted by molar-refractivity contribution is 0.560. The Bertz CT molecular complexity index is 1020. The van der Waals surface area contributed by atoms with Crippen molar-refractivity contribution in [3.8, 4) is 11.3 Å². The van der Waals surface area contributed by atoms with Crippen LogP contribution in [0.25, 0.3) is 22.2 Å². The Balaban J connectivity index is 1.77. The van der Waals surface area contributed by atoms with Gasteiger partial charge in [-0.2, -0.15) is 5.10 Å². The fourth-order valence-electron chi connectivity index (χ4n) is 2.63. The predicted molar refractivity (Wildman–Crippen MR) is 99.6 cm³/mol. The maximum absolute atomic E-state index is 5.22. The van der Waals surface area contributed by atoms with Gasteiger partial charge in [-0.05, 0) is 31.2 Å². The van der Waals surface area contributed by atoms with Gasteiger partial charge < -0.3 is 4.42 Å². The summed E-state index contributed by atoms with van der Waals surface area (Å²) in [6.45, 7) is 2.06. The van der Waals surface area contributed by atoms with Crippen LogP contribution in [0.1, 0.15) is 11.3 Å². The van der Waals surface area contributed by atoms with Crippen LogP contribution in [0.3, 0.4) is 0 Å². The summed E-state index contributed by atoms with van der Waals surface area (Å²) in [7, 11) is 0. The van der Waals surface area contributed by atoms with E-state index in [9.17, 15) is 0 Å². The molecule has 25 heavy (non-hydrogen) atoms. The lowest BCUT2D eigenvalue weighted by atomic mass is 10.0. The maximum atomic E-state index is 5.22. The van der Waals surface area contributed by atoms with Gasteiger partial charge in [0.15, 0.2) is 0 Å². The van der Waals surface area contributed by atoms with Gasteiger partial charge >= 0.3 is 0 Å². The van der Waals surface area contributed by atoms with Crippen molar-refractivity contribution in [3.63, 3.8) is 0 Å². The summed E-state index contributed by atoms with van der Waals surface area (Å²) in [6.07, 6.45) is 3.19. The zero-order valence-corrected chi connectivity index (χ0v) is 13.7. The number of benzene rings is 2. The molecular weight excluding hydrogens is 312 g/mol. The van der Waals surface area contributed by atoms with Crippen LogP contribution in [0.5, 0.6) is 0 Å². The van der Waals surface area contributed by atoms with Crippen molar-refractivity contribution in [1.29, 1.82) is 0 Å². The molecule has 2 aromatic heterocycles. The molecule has 0 unspecified atom stereocenters. The van der Waals surface area contributed by atoms with Crippen molar-refractivity contribution in [2.75, 3.05) is 5.43 Å². The lowest BCUT2D eigenvalue weighted by Gasteiger charge is -2.09. The number of aromatic nitrogens is 2. The van der Waals surface area contributed by atoms with E-state index in [-0.39, 0.29) is 0 Å². The monoisotopic (exact) mass is 328 g/mol. The van der Waals surface area contributed by atoms with Crippen LogP contribution < -0.4 is 5.43 Å². The van der Waals surface area contributed by atoms with E-state index in [1.54, 1.807) is 12.5 Å². The summed E-state index contributed by atoms with van der Waals surface area (Å²) in [6, 6.07) is 19.9. The first-order chi connectivity index (χ1) is 12.3. The van der Waals surface area contributed by atoms with Crippen LogP contribution in [0, 0.1) is 6.92 Å². The van der Waals surface area contributed by atoms with E-state index in [0.29, 0.717) is 11.7 Å². The molecule has 0 atom stereocenters. The average molecular weight is 328 g/mol. The molecule has 0 aliphatic rings. The summed E-state index contributed by atoms with van der Waals surface area (Å²) in [4.78, 5) is 9.22. The number of hydrogen-bond acceptors (Lipinski definition) is 5. The quantitative estimate of drug-likeness (QED) is 0.438. The van der Waals surface area contributed by atoms with Gasteiger partial charge in [-0.3, -0.25) is 0 Å². The van der Waals surface area contributed by atoms with Crippen molar-refractivity contribution in [1.82, 2.24) is 9.97 Å². The van der Waals surface area contributed by atoms with Gasteiger partial charge in [-0.1, -0.05) is 42.0 Å². The fourth-order valence-corrected chi connectivity index (χ4v) is 2.63. The van der Waals surface area contributed by atoms with E-state index in [4.69, 9.17) is 4.42 Å². The number of aryl methyl sites for hydroxylation is 1. The molecule has 0 amide bonds. The van der Waals surface area contributed by atoms with Crippen molar-refractivity contribution in [3.05, 3.63) is 78.3 Å². The summed E-state index contributed by atoms with van der Waals surface area (Å²) in [5.41, 5.74) is 6.85. The average Bonchev–Trinajstić information content (AvgIpc) is 3.15. The van der Waals surface area contributed by atoms with Gasteiger partial charge in [0.1, 0.15) is 5.76 Å². The third-order valence-electron chi connectivity index (χ3n) is 3.80. The smallest absolute Gasteiger partial charge is 0.244 e. The number of nitrogens with zero attached hydrogens (tertiary/aromatic N) is 3. The highest BCUT2D eigenvalue weighted by atomic mass is 16.3. The maximum Gasteiger partial charge on any atom is 0.244 e. The zero-order valence-electron chi connectivity index (χ0n) is 13.7. The number of furan rings is 1. The van der Waals surface area contributed by atoms with E-state index in [0.717, 1.165) is 22.2 Å². The molecule has 4 rings (SSSR count). The number of fused-ring (bicyclic) bond motifs is 1. The number of nitrogens with one attached hydrogen (secondary N) is 1. The number of hydrazone groups is 1. The summed E-state index contributed by atoms with van der Waals surface area (Å²) < 4.78 is 5.22. The van der Waals surface area contributed by atoms with Gasteiger partial charge in [0.05, 0.1) is 23.7 Å². The molecule has 2 aromatic carbocycles. The standard InChI is InChI=1S/C20H16N4O/c1-14-9-10-18-17(12-14)19(15-6-3-2-4-7-15)23-20(22-18)24-21-13-16-8-5-11-25-16/h2-13H,1H3,(H,22,23,24)/b21-13+. The van der Waals surface area contributed by atoms with Crippen LogP contribution in [-0.4, -0.2) is 16.2 Å². The van der Waals surface area contributed by atoms with E-state index in [1.165, 1.54) is 5.56 Å². The minimum absolute atomic E-state index is 0.443. The summed E-state index contributed by atoms with van der Waals surface area (Å²) >= 11 is 0. The number of rotatable bonds is 4. The molecule has 0 aliphatic heterocycles. The Hall–Kier alpha value is -3.47. The third-order valence-corrected chi connectivity index (χ3v) is 3.80. The molecule has 0 aliphatic carbocycles. The van der Waals surface area contributed by atoms with Crippen LogP contribution in [0.4, 0.5) is 5.95 Å². The van der Waals surface area contributed by atoms with Gasteiger partial charge in [-0.25, -0.2) is 15.4 Å². The van der Waals surface area contributed by atoms with Crippen molar-refractivity contribution in [2.45, 2.75) is 6.92 Å². The Labute approximate surface area is 145 Å². The molecule has 1 N–H and O–H groups in total. The topological polar surface area (TPSA) is 63.3 Å². The van der Waals surface area contributed by atoms with Crippen molar-refractivity contribution < 1.29 is 4.42 Å². The molecule has 0 saturated carbocycles. The third kappa shape index (κ3) is 3.26. The summed E-state index contributed by atoms with van der Waals surface area (Å²) in [5.74, 6) is 1.10. The van der Waals surface area contributed by atoms with Crippen LogP contribution in [-0.2, 0) is 0 Å². The molecule has 5 nitrogen and oxygen atoms in total. The zero-order chi connectivity index (χ0) is 17.1. The Morgan fingerprint density at radius 3 is 2.68 bits per heavy atom. The first-order valence-electron chi connectivity index (χ1n) is 7.96. The second-order valence-corrected chi connectivity index (χ2v) is 5.67. The molecule has 2 heterocycles.